The van der Waals surface area contributed by atoms with Crippen molar-refractivity contribution in [1.82, 2.24) is 39.6 Å². The third-order valence-corrected chi connectivity index (χ3v) is 8.61. The molecule has 5 N–H and O–H groups in total. The Labute approximate surface area is 285 Å². The number of nitrogens with zero attached hydrogens (tertiary/aromatic N) is 7. The molecule has 0 aliphatic carbocycles. The number of para-hydroxylation sites is 1. The lowest BCUT2D eigenvalue weighted by atomic mass is 10.1. The second-order valence-corrected chi connectivity index (χ2v) is 12.4. The topological polar surface area (TPSA) is 165 Å². The average Bonchev–Trinajstić information content (AvgIpc) is 3.77. The molecule has 4 aromatic heterocycles. The number of aromatic nitrogens is 7. The Morgan fingerprint density at radius 1 is 1.14 bits per heavy atom. The van der Waals surface area contributed by atoms with Crippen molar-refractivity contribution in [2.75, 3.05) is 36.0 Å². The van der Waals surface area contributed by atoms with Gasteiger partial charge in [-0.3, -0.25) is 14.4 Å². The van der Waals surface area contributed by atoms with E-state index in [0.717, 1.165) is 33.4 Å². The largest absolute Gasteiger partial charge is 0.473 e. The van der Waals surface area contributed by atoms with E-state index in [-0.39, 0.29) is 41.6 Å². The Hall–Kier alpha value is -5.60. The predicted octanol–water partition coefficient (Wildman–Crippen LogP) is 5.64. The number of fused-ring (bicyclic) bond motifs is 1. The molecule has 0 unspecified atom stereocenters. The van der Waals surface area contributed by atoms with Crippen molar-refractivity contribution in [1.29, 1.82) is 0 Å². The van der Waals surface area contributed by atoms with Gasteiger partial charge in [-0.15, -0.1) is 0 Å². The Balaban J connectivity index is 1.01. The van der Waals surface area contributed by atoms with E-state index in [1.165, 1.54) is 24.3 Å². The molecule has 1 fully saturated rings. The summed E-state index contributed by atoms with van der Waals surface area (Å²) in [5.41, 5.74) is 11.4. The molecule has 13 nitrogen and oxygen atoms in total. The van der Waals surface area contributed by atoms with Gasteiger partial charge < -0.3 is 26.1 Å². The zero-order chi connectivity index (χ0) is 34.2. The number of anilines is 4. The molecule has 0 spiro atoms. The number of ether oxygens (including phenoxy) is 1. The van der Waals surface area contributed by atoms with Gasteiger partial charge in [-0.1, -0.05) is 23.7 Å². The van der Waals surface area contributed by atoms with Gasteiger partial charge in [-0.05, 0) is 50.1 Å². The Morgan fingerprint density at radius 3 is 2.82 bits per heavy atom. The minimum Gasteiger partial charge on any atom is -0.473 e. The van der Waals surface area contributed by atoms with E-state index < -0.39 is 5.82 Å². The quantitative estimate of drug-likeness (QED) is 0.150. The highest BCUT2D eigenvalue weighted by atomic mass is 35.5. The van der Waals surface area contributed by atoms with E-state index in [1.807, 2.05) is 56.3 Å². The number of hydrogen-bond acceptors (Lipinski definition) is 10. The molecule has 15 heteroatoms. The van der Waals surface area contributed by atoms with Gasteiger partial charge in [-0.25, -0.2) is 19.3 Å². The number of benzene rings is 2. The van der Waals surface area contributed by atoms with Crippen LogP contribution in [-0.4, -0.2) is 71.2 Å². The van der Waals surface area contributed by atoms with Crippen LogP contribution in [0.1, 0.15) is 17.7 Å². The molecule has 0 radical (unpaired) electrons. The standard InChI is InChI=1S/C34H33ClFN11O2/c1-18-14-39-34(42-28-11-19(2)46(3)45-28)44-31(18)24-15-38-32-22(24)5-4-6-26(32)40-29(48)17-47-10-9-21(16-47)49-30-13-27(41-33(37)43-30)23-12-20(35)7-8-25(23)36/h4-8,11-15,21,38H,9-10,16-17H2,1-3H3,(H,40,48)(H2,37,41,43)(H,39,42,44,45)/t21-/m0/s1. The van der Waals surface area contributed by atoms with E-state index in [9.17, 15) is 9.18 Å². The van der Waals surface area contributed by atoms with Crippen LogP contribution < -0.4 is 21.1 Å². The summed E-state index contributed by atoms with van der Waals surface area (Å²) < 4.78 is 22.3. The molecule has 1 aliphatic heterocycles. The summed E-state index contributed by atoms with van der Waals surface area (Å²) >= 11 is 6.06. The summed E-state index contributed by atoms with van der Waals surface area (Å²) in [5, 5.41) is 12.0. The van der Waals surface area contributed by atoms with Crippen LogP contribution in [0, 0.1) is 19.7 Å². The van der Waals surface area contributed by atoms with Gasteiger partial charge in [0.1, 0.15) is 11.9 Å². The summed E-state index contributed by atoms with van der Waals surface area (Å²) in [6.45, 7) is 5.24. The lowest BCUT2D eigenvalue weighted by Crippen LogP contribution is -2.33. The Kier molecular flexibility index (Phi) is 8.57. The van der Waals surface area contributed by atoms with E-state index >= 15 is 0 Å². The van der Waals surface area contributed by atoms with E-state index in [4.69, 9.17) is 27.1 Å². The third kappa shape index (κ3) is 6.87. The van der Waals surface area contributed by atoms with Crippen molar-refractivity contribution >= 4 is 51.8 Å². The molecule has 1 aliphatic rings. The molecule has 6 aromatic rings. The third-order valence-electron chi connectivity index (χ3n) is 8.38. The molecule has 0 bridgehead atoms. The SMILES string of the molecule is Cc1cnc(Nc2cc(C)n(C)n2)nc1-c1c[nH]c2c(NC(=O)CN3CC[C@H](Oc4cc(-c5cc(Cl)ccc5F)nc(N)n4)C3)cccc12. The second kappa shape index (κ2) is 13.1. The summed E-state index contributed by atoms with van der Waals surface area (Å²) in [6.07, 6.45) is 4.09. The highest BCUT2D eigenvalue weighted by Crippen LogP contribution is 2.34. The number of carbonyl (C=O) groups is 1. The summed E-state index contributed by atoms with van der Waals surface area (Å²) in [7, 11) is 1.88. The number of halogens is 2. The first-order valence-corrected chi connectivity index (χ1v) is 16.0. The van der Waals surface area contributed by atoms with Gasteiger partial charge >= 0.3 is 0 Å². The zero-order valence-electron chi connectivity index (χ0n) is 27.0. The number of aromatic amines is 1. The van der Waals surface area contributed by atoms with Gasteiger partial charge in [0.05, 0.1) is 29.1 Å². The fourth-order valence-electron chi connectivity index (χ4n) is 5.90. The number of nitrogens with one attached hydrogen (secondary N) is 3. The van der Waals surface area contributed by atoms with E-state index in [1.54, 1.807) is 10.9 Å². The van der Waals surface area contributed by atoms with Gasteiger partial charge in [0.25, 0.3) is 0 Å². The minimum absolute atomic E-state index is 0.0470. The summed E-state index contributed by atoms with van der Waals surface area (Å²) in [5.74, 6) is 0.622. The smallest absolute Gasteiger partial charge is 0.238 e. The maximum Gasteiger partial charge on any atom is 0.238 e. The minimum atomic E-state index is -0.486. The predicted molar refractivity (Wildman–Crippen MR) is 186 cm³/mol. The highest BCUT2D eigenvalue weighted by Gasteiger charge is 2.27. The van der Waals surface area contributed by atoms with Gasteiger partial charge in [0, 0.05) is 71.9 Å². The molecule has 49 heavy (non-hydrogen) atoms. The van der Waals surface area contributed by atoms with E-state index in [2.05, 4.69) is 35.7 Å². The van der Waals surface area contributed by atoms with Gasteiger partial charge in [0.15, 0.2) is 5.82 Å². The average molecular weight is 682 g/mol. The van der Waals surface area contributed by atoms with Crippen LogP contribution in [-0.2, 0) is 11.8 Å². The van der Waals surface area contributed by atoms with Crippen LogP contribution in [0.5, 0.6) is 5.88 Å². The van der Waals surface area contributed by atoms with Crippen molar-refractivity contribution in [3.63, 3.8) is 0 Å². The number of carbonyl (C=O) groups excluding carboxylic acids is 1. The lowest BCUT2D eigenvalue weighted by Gasteiger charge is -2.17. The molecule has 250 valence electrons. The molecule has 1 saturated heterocycles. The van der Waals surface area contributed by atoms with Crippen LogP contribution in [0.25, 0.3) is 33.4 Å². The van der Waals surface area contributed by atoms with Crippen molar-refractivity contribution in [3.05, 3.63) is 83.0 Å². The van der Waals surface area contributed by atoms with Gasteiger partial charge in [0.2, 0.25) is 23.7 Å². The summed E-state index contributed by atoms with van der Waals surface area (Å²) in [4.78, 5) is 36.1. The number of likely N-dealkylation sites (tertiary alicyclic amines) is 1. The van der Waals surface area contributed by atoms with Crippen LogP contribution in [0.15, 0.2) is 60.9 Å². The zero-order valence-corrected chi connectivity index (χ0v) is 27.7. The number of H-pyrrole nitrogens is 1. The molecule has 1 atom stereocenters. The number of nitrogens with two attached hydrogens (primary N) is 1. The normalized spacial score (nSPS) is 14.8. The number of nitrogen functional groups attached to an aromatic ring is 1. The molecule has 0 saturated carbocycles. The van der Waals surface area contributed by atoms with Crippen LogP contribution in [0.4, 0.5) is 27.8 Å². The van der Waals surface area contributed by atoms with Crippen LogP contribution >= 0.6 is 11.6 Å². The van der Waals surface area contributed by atoms with E-state index in [0.29, 0.717) is 42.0 Å². The van der Waals surface area contributed by atoms with Crippen molar-refractivity contribution in [3.8, 4) is 28.4 Å². The van der Waals surface area contributed by atoms with Crippen molar-refractivity contribution in [2.24, 2.45) is 7.05 Å². The van der Waals surface area contributed by atoms with Crippen molar-refractivity contribution < 1.29 is 13.9 Å². The lowest BCUT2D eigenvalue weighted by molar-refractivity contribution is -0.117. The van der Waals surface area contributed by atoms with Gasteiger partial charge in [-0.2, -0.15) is 10.1 Å². The number of rotatable bonds is 9. The number of hydrogen-bond donors (Lipinski definition) is 4. The first kappa shape index (κ1) is 32.0. The Morgan fingerprint density at radius 2 is 2.00 bits per heavy atom. The molecular formula is C34H33ClFN11O2. The second-order valence-electron chi connectivity index (χ2n) is 12.0. The molecule has 2 aromatic carbocycles. The van der Waals surface area contributed by atoms with Crippen LogP contribution in [0.3, 0.4) is 0 Å². The highest BCUT2D eigenvalue weighted by molar-refractivity contribution is 6.30. The molecule has 1 amide bonds. The molecular weight excluding hydrogens is 649 g/mol. The maximum absolute atomic E-state index is 14.5. The fourth-order valence-corrected chi connectivity index (χ4v) is 6.07. The molecule has 5 heterocycles. The number of amides is 1. The Bertz CT molecular complexity index is 2180. The van der Waals surface area contributed by atoms with Crippen molar-refractivity contribution in [2.45, 2.75) is 26.4 Å². The first-order valence-electron chi connectivity index (χ1n) is 15.6. The fraction of sp³-hybridized carbons (Fsp3) is 0.235. The summed E-state index contributed by atoms with van der Waals surface area (Å²) in [6, 6.07) is 13.4. The number of aryl methyl sites for hydroxylation is 3. The first-order chi connectivity index (χ1) is 23.6. The maximum atomic E-state index is 14.5. The molecule has 7 rings (SSSR count). The monoisotopic (exact) mass is 681 g/mol. The van der Waals surface area contributed by atoms with Crippen LogP contribution in [0.2, 0.25) is 5.02 Å².